The quantitative estimate of drug-likeness (QED) is 0.669. The number of H-pyrrole nitrogens is 1. The summed E-state index contributed by atoms with van der Waals surface area (Å²) in [5, 5.41) is 8.38. The number of nitriles is 1. The normalized spacial score (nSPS) is 13.1. The Kier molecular flexibility index (Phi) is 4.17. The van der Waals surface area contributed by atoms with Crippen LogP contribution in [0.4, 0.5) is 13.2 Å². The summed E-state index contributed by atoms with van der Waals surface area (Å²) in [6.07, 6.45) is -4.65. The smallest absolute Gasteiger partial charge is 0.301 e. The van der Waals surface area contributed by atoms with Gasteiger partial charge in [0.25, 0.3) is 5.56 Å². The van der Waals surface area contributed by atoms with Crippen molar-refractivity contribution in [2.75, 3.05) is 5.75 Å². The van der Waals surface area contributed by atoms with E-state index in [1.165, 1.54) is 0 Å². The molecule has 17 heavy (non-hydrogen) atoms. The largest absolute Gasteiger partial charge is 0.433 e. The van der Waals surface area contributed by atoms with Crippen LogP contribution >= 0.6 is 11.8 Å². The summed E-state index contributed by atoms with van der Waals surface area (Å²) in [5.41, 5.74) is -2.09. The fourth-order valence-electron chi connectivity index (χ4n) is 0.890. The number of hydrogen-bond donors (Lipinski definition) is 1. The van der Waals surface area contributed by atoms with Crippen LogP contribution in [0.1, 0.15) is 12.6 Å². The van der Waals surface area contributed by atoms with E-state index in [1.54, 1.807) is 6.92 Å². The molecule has 0 aliphatic carbocycles. The van der Waals surface area contributed by atoms with E-state index < -0.39 is 17.4 Å². The van der Waals surface area contributed by atoms with Crippen LogP contribution in [-0.2, 0) is 6.18 Å². The highest BCUT2D eigenvalue weighted by Crippen LogP contribution is 2.27. The standard InChI is InChI=1S/C9H8F3N3OS/c1-5(3-13)4-17-8-14-6(9(10,11)12)2-7(16)15-8/h2,5H,4H2,1H3,(H,14,15,16). The van der Waals surface area contributed by atoms with Crippen molar-refractivity contribution in [3.8, 4) is 6.07 Å². The molecule has 0 bridgehead atoms. The SMILES string of the molecule is CC(C#N)CSc1nc(C(F)(F)F)cc(=O)[nH]1. The number of nitrogens with one attached hydrogen (secondary N) is 1. The van der Waals surface area contributed by atoms with E-state index in [0.717, 1.165) is 11.8 Å². The number of aromatic nitrogens is 2. The van der Waals surface area contributed by atoms with Gasteiger partial charge in [-0.3, -0.25) is 4.79 Å². The first-order valence-corrected chi connectivity index (χ1v) is 5.52. The molecule has 92 valence electrons. The minimum absolute atomic E-state index is 0.132. The number of hydrogen-bond acceptors (Lipinski definition) is 4. The van der Waals surface area contributed by atoms with Crippen molar-refractivity contribution in [2.45, 2.75) is 18.3 Å². The van der Waals surface area contributed by atoms with Crippen molar-refractivity contribution in [3.05, 3.63) is 22.1 Å². The van der Waals surface area contributed by atoms with Crippen molar-refractivity contribution < 1.29 is 13.2 Å². The lowest BCUT2D eigenvalue weighted by Gasteiger charge is -2.07. The number of rotatable bonds is 3. The van der Waals surface area contributed by atoms with Crippen LogP contribution in [-0.4, -0.2) is 15.7 Å². The van der Waals surface area contributed by atoms with Crippen LogP contribution in [0.5, 0.6) is 0 Å². The summed E-state index contributed by atoms with van der Waals surface area (Å²) in [5.74, 6) is -0.0688. The number of alkyl halides is 3. The third kappa shape index (κ3) is 4.11. The number of nitrogens with zero attached hydrogens (tertiary/aromatic N) is 2. The fourth-order valence-corrected chi connectivity index (χ4v) is 1.71. The summed E-state index contributed by atoms with van der Waals surface area (Å²) in [4.78, 5) is 16.5. The number of thioether (sulfide) groups is 1. The molecule has 0 spiro atoms. The van der Waals surface area contributed by atoms with Gasteiger partial charge in [-0.25, -0.2) is 4.98 Å². The van der Waals surface area contributed by atoms with Gasteiger partial charge in [-0.15, -0.1) is 0 Å². The molecule has 0 radical (unpaired) electrons. The predicted octanol–water partition coefficient (Wildman–Crippen LogP) is 2.04. The Labute approximate surface area is 98.9 Å². The molecule has 4 nitrogen and oxygen atoms in total. The molecule has 0 amide bonds. The molecule has 1 atom stereocenters. The Bertz CT molecular complexity index is 491. The summed E-state index contributed by atoms with van der Waals surface area (Å²) in [6, 6.07) is 2.33. The van der Waals surface area contributed by atoms with Crippen molar-refractivity contribution in [3.63, 3.8) is 0 Å². The maximum Gasteiger partial charge on any atom is 0.433 e. The summed E-state index contributed by atoms with van der Waals surface area (Å²) in [6.45, 7) is 1.62. The van der Waals surface area contributed by atoms with Gasteiger partial charge in [0, 0.05) is 11.8 Å². The molecule has 0 aromatic carbocycles. The zero-order chi connectivity index (χ0) is 13.1. The average Bonchev–Trinajstić information content (AvgIpc) is 2.24. The molecule has 1 aromatic heterocycles. The van der Waals surface area contributed by atoms with E-state index in [1.807, 2.05) is 6.07 Å². The Morgan fingerprint density at radius 2 is 2.29 bits per heavy atom. The van der Waals surface area contributed by atoms with Gasteiger partial charge in [0.2, 0.25) is 0 Å². The zero-order valence-electron chi connectivity index (χ0n) is 8.71. The van der Waals surface area contributed by atoms with Crippen molar-refractivity contribution >= 4 is 11.8 Å². The van der Waals surface area contributed by atoms with Crippen molar-refractivity contribution in [2.24, 2.45) is 5.92 Å². The zero-order valence-corrected chi connectivity index (χ0v) is 9.52. The van der Waals surface area contributed by atoms with Crippen LogP contribution in [0.25, 0.3) is 0 Å². The second-order valence-electron chi connectivity index (χ2n) is 3.27. The second kappa shape index (κ2) is 5.23. The molecule has 0 saturated carbocycles. The van der Waals surface area contributed by atoms with Crippen molar-refractivity contribution in [1.29, 1.82) is 5.26 Å². The lowest BCUT2D eigenvalue weighted by Crippen LogP contribution is -2.17. The van der Waals surface area contributed by atoms with Gasteiger partial charge < -0.3 is 4.98 Å². The van der Waals surface area contributed by atoms with Crippen LogP contribution in [0, 0.1) is 17.2 Å². The van der Waals surface area contributed by atoms with E-state index in [-0.39, 0.29) is 16.8 Å². The fraction of sp³-hybridized carbons (Fsp3) is 0.444. The van der Waals surface area contributed by atoms with Gasteiger partial charge in [0.15, 0.2) is 10.9 Å². The van der Waals surface area contributed by atoms with E-state index in [4.69, 9.17) is 5.26 Å². The molecule has 0 aliphatic rings. The Balaban J connectivity index is 2.92. The predicted molar refractivity (Wildman–Crippen MR) is 55.4 cm³/mol. The molecule has 1 rings (SSSR count). The van der Waals surface area contributed by atoms with E-state index in [2.05, 4.69) is 9.97 Å². The Morgan fingerprint density at radius 3 is 2.82 bits per heavy atom. The maximum absolute atomic E-state index is 12.3. The lowest BCUT2D eigenvalue weighted by molar-refractivity contribution is -0.141. The summed E-state index contributed by atoms with van der Waals surface area (Å²) >= 11 is 0.908. The molecular weight excluding hydrogens is 255 g/mol. The molecule has 0 aliphatic heterocycles. The van der Waals surface area contributed by atoms with E-state index >= 15 is 0 Å². The Morgan fingerprint density at radius 1 is 1.65 bits per heavy atom. The molecule has 8 heteroatoms. The van der Waals surface area contributed by atoms with Crippen molar-refractivity contribution in [1.82, 2.24) is 9.97 Å². The van der Waals surface area contributed by atoms with Crippen LogP contribution < -0.4 is 5.56 Å². The van der Waals surface area contributed by atoms with Gasteiger partial charge in [-0.2, -0.15) is 18.4 Å². The minimum atomic E-state index is -4.65. The first kappa shape index (κ1) is 13.6. The second-order valence-corrected chi connectivity index (χ2v) is 4.28. The van der Waals surface area contributed by atoms with Gasteiger partial charge in [-0.1, -0.05) is 11.8 Å². The van der Waals surface area contributed by atoms with Gasteiger partial charge >= 0.3 is 6.18 Å². The molecule has 0 fully saturated rings. The van der Waals surface area contributed by atoms with Gasteiger partial charge in [-0.05, 0) is 6.92 Å². The Hall–Kier alpha value is -1.49. The van der Waals surface area contributed by atoms with E-state index in [0.29, 0.717) is 6.07 Å². The minimum Gasteiger partial charge on any atom is -0.301 e. The molecular formula is C9H8F3N3OS. The van der Waals surface area contributed by atoms with Crippen LogP contribution in [0.3, 0.4) is 0 Å². The molecule has 0 saturated heterocycles. The highest BCUT2D eigenvalue weighted by atomic mass is 32.2. The maximum atomic E-state index is 12.3. The molecule has 1 heterocycles. The monoisotopic (exact) mass is 263 g/mol. The highest BCUT2D eigenvalue weighted by Gasteiger charge is 2.33. The van der Waals surface area contributed by atoms with E-state index in [9.17, 15) is 18.0 Å². The lowest BCUT2D eigenvalue weighted by atomic mass is 10.3. The molecule has 1 unspecified atom stereocenters. The third-order valence-corrected chi connectivity index (χ3v) is 2.83. The summed E-state index contributed by atoms with van der Waals surface area (Å²) < 4.78 is 37.0. The highest BCUT2D eigenvalue weighted by molar-refractivity contribution is 7.99. The third-order valence-electron chi connectivity index (χ3n) is 1.70. The first-order valence-electron chi connectivity index (χ1n) is 4.54. The first-order chi connectivity index (χ1) is 7.82. The van der Waals surface area contributed by atoms with Crippen LogP contribution in [0.15, 0.2) is 16.0 Å². The molecule has 1 aromatic rings. The topological polar surface area (TPSA) is 69.5 Å². The molecule has 1 N–H and O–H groups in total. The number of aromatic amines is 1. The summed E-state index contributed by atoms with van der Waals surface area (Å²) in [7, 11) is 0. The average molecular weight is 263 g/mol. The van der Waals surface area contributed by atoms with Gasteiger partial charge in [0.1, 0.15) is 0 Å². The number of halogens is 3. The van der Waals surface area contributed by atoms with Crippen LogP contribution in [0.2, 0.25) is 0 Å². The van der Waals surface area contributed by atoms with Gasteiger partial charge in [0.05, 0.1) is 12.0 Å².